The Kier molecular flexibility index (Phi) is 5.94. The zero-order chi connectivity index (χ0) is 23.2. The molecule has 5 rings (SSSR count). The first-order chi connectivity index (χ1) is 15.9. The molecule has 8 nitrogen and oxygen atoms in total. The van der Waals surface area contributed by atoms with E-state index in [4.69, 9.17) is 0 Å². The highest BCUT2D eigenvalue weighted by atomic mass is 32.2. The molecule has 174 valence electrons. The van der Waals surface area contributed by atoms with Gasteiger partial charge in [0.1, 0.15) is 6.04 Å². The van der Waals surface area contributed by atoms with Gasteiger partial charge >= 0.3 is 0 Å². The van der Waals surface area contributed by atoms with Gasteiger partial charge in [0.2, 0.25) is 15.9 Å². The zero-order valence-corrected chi connectivity index (χ0v) is 19.9. The van der Waals surface area contributed by atoms with Crippen LogP contribution in [0.1, 0.15) is 37.9 Å². The van der Waals surface area contributed by atoms with Crippen LogP contribution in [0.2, 0.25) is 0 Å². The molecule has 4 heterocycles. The van der Waals surface area contributed by atoms with E-state index >= 15 is 0 Å². The van der Waals surface area contributed by atoms with Gasteiger partial charge in [-0.05, 0) is 56.5 Å². The lowest BCUT2D eigenvalue weighted by atomic mass is 9.91. The van der Waals surface area contributed by atoms with Crippen LogP contribution in [0.25, 0.3) is 10.2 Å². The van der Waals surface area contributed by atoms with Crippen LogP contribution in [0.5, 0.6) is 0 Å². The number of aliphatic hydroxyl groups is 1. The van der Waals surface area contributed by atoms with Gasteiger partial charge in [0.15, 0.2) is 0 Å². The average molecular weight is 487 g/mol. The van der Waals surface area contributed by atoms with Crippen molar-refractivity contribution in [3.8, 4) is 0 Å². The molecule has 0 spiro atoms. The molecule has 2 saturated heterocycles. The summed E-state index contributed by atoms with van der Waals surface area (Å²) in [5.41, 5.74) is 3.17. The predicted molar refractivity (Wildman–Crippen MR) is 125 cm³/mol. The van der Waals surface area contributed by atoms with E-state index in [9.17, 15) is 18.3 Å². The minimum absolute atomic E-state index is 0.159. The number of rotatable bonds is 5. The topological polar surface area (TPSA) is 104 Å². The van der Waals surface area contributed by atoms with Gasteiger partial charge in [0.25, 0.3) is 0 Å². The first kappa shape index (κ1) is 22.4. The summed E-state index contributed by atoms with van der Waals surface area (Å²) in [7, 11) is -3.97. The molecule has 10 heteroatoms. The number of nitrogens with zero attached hydrogens (tertiary/aromatic N) is 4. The molecule has 2 aromatic heterocycles. The van der Waals surface area contributed by atoms with Gasteiger partial charge in [-0.15, -0.1) is 11.3 Å². The summed E-state index contributed by atoms with van der Waals surface area (Å²) in [6, 6.07) is 8.88. The lowest BCUT2D eigenvalue weighted by Gasteiger charge is -2.40. The summed E-state index contributed by atoms with van der Waals surface area (Å²) >= 11 is 1.38. The average Bonchev–Trinajstić information content (AvgIpc) is 3.30. The molecule has 3 aromatic rings. The number of piperidine rings is 1. The number of amides is 1. The van der Waals surface area contributed by atoms with Gasteiger partial charge in [0, 0.05) is 31.3 Å². The molecule has 4 atom stereocenters. The van der Waals surface area contributed by atoms with Crippen molar-refractivity contribution in [2.45, 2.75) is 49.2 Å². The molecular weight excluding hydrogens is 460 g/mol. The molecule has 2 aliphatic heterocycles. The normalized spacial score (nSPS) is 25.2. The summed E-state index contributed by atoms with van der Waals surface area (Å²) in [5, 5.41) is 10.3. The summed E-state index contributed by atoms with van der Waals surface area (Å²) in [4.78, 5) is 24.3. The second-order valence-electron chi connectivity index (χ2n) is 8.69. The van der Waals surface area contributed by atoms with Crippen LogP contribution in [0.4, 0.5) is 0 Å². The van der Waals surface area contributed by atoms with Gasteiger partial charge in [0.05, 0.1) is 32.4 Å². The van der Waals surface area contributed by atoms with E-state index in [0.717, 1.165) is 22.3 Å². The number of thiazole rings is 1. The molecule has 33 heavy (non-hydrogen) atoms. The third-order valence-electron chi connectivity index (χ3n) is 6.85. The number of sulfonamides is 1. The Morgan fingerprint density at radius 1 is 1.21 bits per heavy atom. The monoisotopic (exact) mass is 486 g/mol. The smallest absolute Gasteiger partial charge is 0.244 e. The summed E-state index contributed by atoms with van der Waals surface area (Å²) < 4.78 is 30.0. The first-order valence-electron chi connectivity index (χ1n) is 11.1. The van der Waals surface area contributed by atoms with Crippen molar-refractivity contribution in [3.05, 3.63) is 53.8 Å². The van der Waals surface area contributed by atoms with Crippen LogP contribution in [-0.2, 0) is 14.8 Å². The molecule has 2 fully saturated rings. The summed E-state index contributed by atoms with van der Waals surface area (Å²) in [6.07, 6.45) is 3.50. The van der Waals surface area contributed by atoms with Crippen LogP contribution in [0, 0.1) is 5.92 Å². The van der Waals surface area contributed by atoms with Crippen molar-refractivity contribution in [1.29, 1.82) is 0 Å². The Hall–Kier alpha value is -2.40. The standard InChI is InChI=1S/C23H26N4O4S2/c1-15(18-5-2-3-10-24-18)26-12-16(13-28)20-6-4-7-21(23(26)29)27(20)33(30,31)17-8-9-19-22(11-17)32-14-25-19/h2-3,5,8-11,14-16,20-21,28H,4,6-7,12-13H2,1H3/t15?,16-,20-,21+/m1/s1. The van der Waals surface area contributed by atoms with Gasteiger partial charge < -0.3 is 10.0 Å². The number of pyridine rings is 1. The Morgan fingerprint density at radius 2 is 2.06 bits per heavy atom. The van der Waals surface area contributed by atoms with Crippen LogP contribution in [0.15, 0.2) is 53.0 Å². The number of hydrogen-bond acceptors (Lipinski definition) is 7. The number of benzene rings is 1. The Balaban J connectivity index is 1.57. The molecule has 2 bridgehead atoms. The van der Waals surface area contributed by atoms with Gasteiger partial charge in [-0.2, -0.15) is 4.31 Å². The van der Waals surface area contributed by atoms with Gasteiger partial charge in [-0.3, -0.25) is 9.78 Å². The number of fused-ring (bicyclic) bond motifs is 3. The predicted octanol–water partition coefficient (Wildman–Crippen LogP) is 2.82. The van der Waals surface area contributed by atoms with Crippen LogP contribution >= 0.6 is 11.3 Å². The maximum absolute atomic E-state index is 13.9. The Labute approximate surface area is 196 Å². The van der Waals surface area contributed by atoms with E-state index in [1.165, 1.54) is 15.6 Å². The molecule has 0 aliphatic carbocycles. The Bertz CT molecular complexity index is 1260. The highest BCUT2D eigenvalue weighted by molar-refractivity contribution is 7.89. The number of aliphatic hydroxyl groups excluding tert-OH is 1. The van der Waals surface area contributed by atoms with Crippen molar-refractivity contribution < 1.29 is 18.3 Å². The molecule has 1 N–H and O–H groups in total. The van der Waals surface area contributed by atoms with Crippen LogP contribution in [-0.4, -0.2) is 63.8 Å². The van der Waals surface area contributed by atoms with Crippen LogP contribution in [0.3, 0.4) is 0 Å². The fraction of sp³-hybridized carbons (Fsp3) is 0.435. The van der Waals surface area contributed by atoms with Crippen molar-refractivity contribution in [2.75, 3.05) is 13.2 Å². The first-order valence-corrected chi connectivity index (χ1v) is 13.4. The van der Waals surface area contributed by atoms with Crippen LogP contribution < -0.4 is 0 Å². The van der Waals surface area contributed by atoms with Gasteiger partial charge in [-0.1, -0.05) is 6.07 Å². The largest absolute Gasteiger partial charge is 0.396 e. The second-order valence-corrected chi connectivity index (χ2v) is 11.4. The SMILES string of the molecule is CC(c1ccccn1)N1C[C@H](CO)[C@H]2CCC[C@@H](C1=O)N2S(=O)(=O)c1ccc2ncsc2c1. The molecule has 1 unspecified atom stereocenters. The molecule has 0 saturated carbocycles. The van der Waals surface area contributed by atoms with Crippen molar-refractivity contribution in [1.82, 2.24) is 19.2 Å². The quantitative estimate of drug-likeness (QED) is 0.595. The van der Waals surface area contributed by atoms with Crippen molar-refractivity contribution in [3.63, 3.8) is 0 Å². The second kappa shape index (κ2) is 8.75. The lowest BCUT2D eigenvalue weighted by molar-refractivity contribution is -0.137. The number of carbonyl (C=O) groups is 1. The fourth-order valence-electron chi connectivity index (χ4n) is 5.11. The van der Waals surface area contributed by atoms with Gasteiger partial charge in [-0.25, -0.2) is 13.4 Å². The van der Waals surface area contributed by atoms with E-state index in [-0.39, 0.29) is 35.9 Å². The molecule has 2 aliphatic rings. The highest BCUT2D eigenvalue weighted by Gasteiger charge is 2.50. The van der Waals surface area contributed by atoms with E-state index in [2.05, 4.69) is 9.97 Å². The van der Waals surface area contributed by atoms with Crippen molar-refractivity contribution >= 4 is 37.5 Å². The fourth-order valence-corrected chi connectivity index (χ4v) is 7.82. The third-order valence-corrected chi connectivity index (χ3v) is 9.57. The molecule has 1 amide bonds. The summed E-state index contributed by atoms with van der Waals surface area (Å²) in [5.74, 6) is -0.608. The molecule has 0 radical (unpaired) electrons. The van der Waals surface area contributed by atoms with E-state index < -0.39 is 22.1 Å². The minimum atomic E-state index is -3.97. The molecule has 1 aromatic carbocycles. The maximum atomic E-state index is 13.9. The van der Waals surface area contributed by atoms with E-state index in [1.807, 2.05) is 25.1 Å². The highest BCUT2D eigenvalue weighted by Crippen LogP contribution is 2.39. The number of hydrogen-bond donors (Lipinski definition) is 1. The van der Waals surface area contributed by atoms with Crippen molar-refractivity contribution in [2.24, 2.45) is 5.92 Å². The maximum Gasteiger partial charge on any atom is 0.244 e. The third kappa shape index (κ3) is 3.84. The van der Waals surface area contributed by atoms with E-state index in [0.29, 0.717) is 12.8 Å². The summed E-state index contributed by atoms with van der Waals surface area (Å²) in [6.45, 7) is 1.99. The Morgan fingerprint density at radius 3 is 2.82 bits per heavy atom. The number of aromatic nitrogens is 2. The zero-order valence-electron chi connectivity index (χ0n) is 18.2. The minimum Gasteiger partial charge on any atom is -0.396 e. The molecular formula is C23H26N4O4S2. The van der Waals surface area contributed by atoms with E-state index in [1.54, 1.807) is 34.8 Å². The lowest BCUT2D eigenvalue weighted by Crippen LogP contribution is -2.55. The number of carbonyl (C=O) groups excluding carboxylic acids is 1.